The van der Waals surface area contributed by atoms with Gasteiger partial charge in [-0.3, -0.25) is 4.79 Å². The van der Waals surface area contributed by atoms with E-state index in [9.17, 15) is 4.79 Å². The zero-order valence-electron chi connectivity index (χ0n) is 15.9. The Balaban J connectivity index is 1.51. The third-order valence-electron chi connectivity index (χ3n) is 4.62. The average Bonchev–Trinajstić information content (AvgIpc) is 2.78. The van der Waals surface area contributed by atoms with E-state index in [0.717, 1.165) is 22.0 Å². The van der Waals surface area contributed by atoms with Crippen LogP contribution in [0.25, 0.3) is 10.9 Å². The Morgan fingerprint density at radius 2 is 1.34 bits per heavy atom. The zero-order chi connectivity index (χ0) is 19.9. The highest BCUT2D eigenvalue weighted by molar-refractivity contribution is 5.84. The number of rotatable bonds is 7. The van der Waals surface area contributed by atoms with Crippen molar-refractivity contribution in [2.45, 2.75) is 13.1 Å². The van der Waals surface area contributed by atoms with Gasteiger partial charge in [-0.15, -0.1) is 0 Å². The summed E-state index contributed by atoms with van der Waals surface area (Å²) in [5.74, 6) is 0.323. The van der Waals surface area contributed by atoms with Crippen LogP contribution in [0.4, 0.5) is 0 Å². The minimum atomic E-state index is -0.0969. The van der Waals surface area contributed by atoms with E-state index >= 15 is 0 Å². The van der Waals surface area contributed by atoms with Gasteiger partial charge in [-0.2, -0.15) is 0 Å². The smallest absolute Gasteiger partial charge is 0.261 e. The molecule has 0 saturated heterocycles. The molecule has 29 heavy (non-hydrogen) atoms. The summed E-state index contributed by atoms with van der Waals surface area (Å²) in [5.41, 5.74) is 2.93. The van der Waals surface area contributed by atoms with Crippen molar-refractivity contribution >= 4 is 16.8 Å². The van der Waals surface area contributed by atoms with Gasteiger partial charge in [0, 0.05) is 13.1 Å². The maximum absolute atomic E-state index is 13.0. The molecule has 0 aliphatic carbocycles. The van der Waals surface area contributed by atoms with Crippen molar-refractivity contribution in [3.05, 3.63) is 102 Å². The van der Waals surface area contributed by atoms with Crippen LogP contribution in [0.1, 0.15) is 11.1 Å². The van der Waals surface area contributed by atoms with Gasteiger partial charge >= 0.3 is 0 Å². The van der Waals surface area contributed by atoms with Gasteiger partial charge in [0.25, 0.3) is 5.91 Å². The minimum absolute atomic E-state index is 0.0827. The third kappa shape index (κ3) is 4.76. The zero-order valence-corrected chi connectivity index (χ0v) is 15.9. The molecule has 4 aromatic rings. The van der Waals surface area contributed by atoms with Crippen LogP contribution in [0.3, 0.4) is 0 Å². The number of amides is 1. The van der Waals surface area contributed by atoms with Crippen molar-refractivity contribution in [3.63, 3.8) is 0 Å². The molecule has 0 aliphatic rings. The van der Waals surface area contributed by atoms with Crippen molar-refractivity contribution in [1.82, 2.24) is 14.9 Å². The Morgan fingerprint density at radius 1 is 0.759 bits per heavy atom. The summed E-state index contributed by atoms with van der Waals surface area (Å²) in [4.78, 5) is 23.2. The molecule has 5 heteroatoms. The number of carbonyl (C=O) groups is 1. The fourth-order valence-corrected chi connectivity index (χ4v) is 3.16. The summed E-state index contributed by atoms with van der Waals surface area (Å²) in [7, 11) is 0. The third-order valence-corrected chi connectivity index (χ3v) is 4.62. The molecule has 5 nitrogen and oxygen atoms in total. The molecule has 1 amide bonds. The number of fused-ring (bicyclic) bond motifs is 1. The SMILES string of the molecule is O=C(COc1ncnc2ccccc12)N(Cc1ccccc1)Cc1ccccc1. The summed E-state index contributed by atoms with van der Waals surface area (Å²) in [6, 6.07) is 27.5. The van der Waals surface area contributed by atoms with Crippen molar-refractivity contribution in [1.29, 1.82) is 0 Å². The topological polar surface area (TPSA) is 55.3 Å². The van der Waals surface area contributed by atoms with Gasteiger partial charge in [-0.05, 0) is 23.3 Å². The van der Waals surface area contributed by atoms with Gasteiger partial charge < -0.3 is 9.64 Å². The standard InChI is InChI=1S/C24H21N3O2/c28-23(17-29-24-21-13-7-8-14-22(21)25-18-26-24)27(15-19-9-3-1-4-10-19)16-20-11-5-2-6-12-20/h1-14,18H,15-17H2. The second kappa shape index (κ2) is 8.97. The van der Waals surface area contributed by atoms with E-state index in [1.807, 2.05) is 84.9 Å². The van der Waals surface area contributed by atoms with Crippen molar-refractivity contribution in [2.75, 3.05) is 6.61 Å². The molecule has 0 aliphatic heterocycles. The molecular weight excluding hydrogens is 362 g/mol. The lowest BCUT2D eigenvalue weighted by Crippen LogP contribution is -2.34. The van der Waals surface area contributed by atoms with Gasteiger partial charge in [-0.25, -0.2) is 9.97 Å². The lowest BCUT2D eigenvalue weighted by atomic mass is 10.1. The fraction of sp³-hybridized carbons (Fsp3) is 0.125. The molecular formula is C24H21N3O2. The first-order valence-corrected chi connectivity index (χ1v) is 9.48. The molecule has 144 valence electrons. The van der Waals surface area contributed by atoms with Gasteiger partial charge in [0.1, 0.15) is 6.33 Å². The van der Waals surface area contributed by atoms with Crippen LogP contribution in [0.5, 0.6) is 5.88 Å². The molecule has 0 spiro atoms. The van der Waals surface area contributed by atoms with Crippen LogP contribution < -0.4 is 4.74 Å². The maximum atomic E-state index is 13.0. The number of para-hydroxylation sites is 1. The van der Waals surface area contributed by atoms with Crippen LogP contribution in [-0.4, -0.2) is 27.4 Å². The van der Waals surface area contributed by atoms with E-state index in [4.69, 9.17) is 4.74 Å². The lowest BCUT2D eigenvalue weighted by Gasteiger charge is -2.23. The molecule has 1 heterocycles. The first kappa shape index (κ1) is 18.6. The number of aromatic nitrogens is 2. The highest BCUT2D eigenvalue weighted by Crippen LogP contribution is 2.20. The predicted octanol–water partition coefficient (Wildman–Crippen LogP) is 4.24. The first-order valence-electron chi connectivity index (χ1n) is 9.48. The number of hydrogen-bond donors (Lipinski definition) is 0. The Bertz CT molecular complexity index is 1040. The maximum Gasteiger partial charge on any atom is 0.261 e. The second-order valence-electron chi connectivity index (χ2n) is 6.71. The normalized spacial score (nSPS) is 10.6. The van der Waals surface area contributed by atoms with Gasteiger partial charge in [0.2, 0.25) is 5.88 Å². The predicted molar refractivity (Wildman–Crippen MR) is 112 cm³/mol. The minimum Gasteiger partial charge on any atom is -0.467 e. The number of benzene rings is 3. The van der Waals surface area contributed by atoms with Crippen LogP contribution in [-0.2, 0) is 17.9 Å². The Kier molecular flexibility index (Phi) is 5.76. The molecule has 4 rings (SSSR count). The average molecular weight is 383 g/mol. The van der Waals surface area contributed by atoms with E-state index in [1.165, 1.54) is 6.33 Å². The molecule has 0 N–H and O–H groups in total. The molecule has 0 radical (unpaired) electrons. The molecule has 1 aromatic heterocycles. The van der Waals surface area contributed by atoms with E-state index in [2.05, 4.69) is 9.97 Å². The molecule has 0 bridgehead atoms. The van der Waals surface area contributed by atoms with Crippen molar-refractivity contribution in [2.24, 2.45) is 0 Å². The van der Waals surface area contributed by atoms with E-state index in [0.29, 0.717) is 19.0 Å². The lowest BCUT2D eigenvalue weighted by molar-refractivity contribution is -0.134. The van der Waals surface area contributed by atoms with Crippen LogP contribution in [0.15, 0.2) is 91.3 Å². The Morgan fingerprint density at radius 3 is 2.00 bits per heavy atom. The van der Waals surface area contributed by atoms with Gasteiger partial charge in [-0.1, -0.05) is 72.8 Å². The molecule has 0 unspecified atom stereocenters. The summed E-state index contributed by atoms with van der Waals surface area (Å²) >= 11 is 0. The van der Waals surface area contributed by atoms with Gasteiger partial charge in [0.05, 0.1) is 10.9 Å². The van der Waals surface area contributed by atoms with E-state index in [-0.39, 0.29) is 12.5 Å². The fourth-order valence-electron chi connectivity index (χ4n) is 3.16. The summed E-state index contributed by atoms with van der Waals surface area (Å²) in [5, 5.41) is 0.792. The van der Waals surface area contributed by atoms with Crippen molar-refractivity contribution < 1.29 is 9.53 Å². The van der Waals surface area contributed by atoms with Gasteiger partial charge in [0.15, 0.2) is 6.61 Å². The Hall–Kier alpha value is -3.73. The first-order chi connectivity index (χ1) is 14.3. The highest BCUT2D eigenvalue weighted by atomic mass is 16.5. The number of nitrogens with zero attached hydrogens (tertiary/aromatic N) is 3. The largest absolute Gasteiger partial charge is 0.467 e. The quantitative estimate of drug-likeness (QED) is 0.479. The summed E-state index contributed by atoms with van der Waals surface area (Å²) in [6.45, 7) is 0.950. The molecule has 0 fully saturated rings. The number of hydrogen-bond acceptors (Lipinski definition) is 4. The summed E-state index contributed by atoms with van der Waals surface area (Å²) in [6.07, 6.45) is 1.45. The molecule has 3 aromatic carbocycles. The van der Waals surface area contributed by atoms with Crippen LogP contribution in [0, 0.1) is 0 Å². The number of ether oxygens (including phenoxy) is 1. The molecule has 0 saturated carbocycles. The van der Waals surface area contributed by atoms with Crippen molar-refractivity contribution in [3.8, 4) is 5.88 Å². The molecule has 0 atom stereocenters. The van der Waals surface area contributed by atoms with Crippen LogP contribution in [0.2, 0.25) is 0 Å². The van der Waals surface area contributed by atoms with Crippen LogP contribution >= 0.6 is 0 Å². The summed E-state index contributed by atoms with van der Waals surface area (Å²) < 4.78 is 5.80. The van der Waals surface area contributed by atoms with E-state index < -0.39 is 0 Å². The highest BCUT2D eigenvalue weighted by Gasteiger charge is 2.16. The number of carbonyl (C=O) groups excluding carboxylic acids is 1. The van der Waals surface area contributed by atoms with E-state index in [1.54, 1.807) is 4.90 Å². The second-order valence-corrected chi connectivity index (χ2v) is 6.71. The Labute approximate surface area is 169 Å². The monoisotopic (exact) mass is 383 g/mol.